The van der Waals surface area contributed by atoms with Crippen molar-refractivity contribution < 1.29 is 4.79 Å². The normalized spacial score (nSPS) is 10.4. The number of hydrogen-bond donors (Lipinski definition) is 2. The maximum absolute atomic E-state index is 12.1. The van der Waals surface area contributed by atoms with E-state index in [4.69, 9.17) is 0 Å². The summed E-state index contributed by atoms with van der Waals surface area (Å²) in [6, 6.07) is 9.53. The highest BCUT2D eigenvalue weighted by molar-refractivity contribution is 6.06. The molecule has 100 valence electrons. The van der Waals surface area contributed by atoms with Gasteiger partial charge in [-0.05, 0) is 25.5 Å². The van der Waals surface area contributed by atoms with Gasteiger partial charge in [0.15, 0.2) is 0 Å². The van der Waals surface area contributed by atoms with Gasteiger partial charge < -0.3 is 10.6 Å². The standard InChI is InChI=1S/C15H19N3O/c1-3-9-17-14-10-12(15(19)16-4-2)11-7-5-6-8-13(11)18-14/h5-8,10H,3-4,9H2,1-2H3,(H,16,19)(H,17,18). The Labute approximate surface area is 113 Å². The van der Waals surface area contributed by atoms with E-state index in [1.807, 2.05) is 37.3 Å². The number of nitrogens with one attached hydrogen (secondary N) is 2. The van der Waals surface area contributed by atoms with Crippen molar-refractivity contribution in [1.29, 1.82) is 0 Å². The molecule has 0 unspecified atom stereocenters. The molecule has 1 amide bonds. The lowest BCUT2D eigenvalue weighted by Crippen LogP contribution is -2.23. The number of carbonyl (C=O) groups excluding carboxylic acids is 1. The van der Waals surface area contributed by atoms with Crippen molar-refractivity contribution in [3.05, 3.63) is 35.9 Å². The van der Waals surface area contributed by atoms with Gasteiger partial charge in [-0.3, -0.25) is 4.79 Å². The van der Waals surface area contributed by atoms with E-state index in [1.54, 1.807) is 0 Å². The Bertz CT molecular complexity index is 581. The first-order chi connectivity index (χ1) is 9.26. The van der Waals surface area contributed by atoms with Crippen LogP contribution in [0, 0.1) is 0 Å². The maximum Gasteiger partial charge on any atom is 0.252 e. The molecule has 0 radical (unpaired) electrons. The highest BCUT2D eigenvalue weighted by Crippen LogP contribution is 2.20. The Balaban J connectivity index is 2.48. The largest absolute Gasteiger partial charge is 0.370 e. The molecule has 19 heavy (non-hydrogen) atoms. The quantitative estimate of drug-likeness (QED) is 0.866. The summed E-state index contributed by atoms with van der Waals surface area (Å²) < 4.78 is 0. The minimum absolute atomic E-state index is 0.0550. The van der Waals surface area contributed by atoms with Crippen LogP contribution in [0.1, 0.15) is 30.6 Å². The third-order valence-corrected chi connectivity index (χ3v) is 2.85. The summed E-state index contributed by atoms with van der Waals surface area (Å²) in [7, 11) is 0. The number of hydrogen-bond acceptors (Lipinski definition) is 3. The second-order valence-electron chi connectivity index (χ2n) is 4.36. The van der Waals surface area contributed by atoms with Crippen molar-refractivity contribution >= 4 is 22.6 Å². The molecular weight excluding hydrogens is 238 g/mol. The zero-order chi connectivity index (χ0) is 13.7. The monoisotopic (exact) mass is 257 g/mol. The van der Waals surface area contributed by atoms with Gasteiger partial charge in [0.05, 0.1) is 11.1 Å². The first-order valence-electron chi connectivity index (χ1n) is 6.68. The summed E-state index contributed by atoms with van der Waals surface area (Å²) in [6.07, 6.45) is 1.02. The van der Waals surface area contributed by atoms with Crippen LogP contribution in [0.25, 0.3) is 10.9 Å². The highest BCUT2D eigenvalue weighted by Gasteiger charge is 2.11. The molecule has 0 saturated carbocycles. The molecule has 0 bridgehead atoms. The molecule has 1 heterocycles. The number of benzene rings is 1. The topological polar surface area (TPSA) is 54.0 Å². The molecule has 4 nitrogen and oxygen atoms in total. The van der Waals surface area contributed by atoms with Gasteiger partial charge in [-0.1, -0.05) is 25.1 Å². The predicted octanol–water partition coefficient (Wildman–Crippen LogP) is 2.81. The van der Waals surface area contributed by atoms with Gasteiger partial charge in [0.25, 0.3) is 5.91 Å². The molecule has 2 aromatic rings. The molecule has 0 saturated heterocycles. The minimum Gasteiger partial charge on any atom is -0.370 e. The number of para-hydroxylation sites is 1. The number of carbonyl (C=O) groups is 1. The number of aromatic nitrogens is 1. The van der Waals surface area contributed by atoms with Crippen molar-refractivity contribution in [3.63, 3.8) is 0 Å². The van der Waals surface area contributed by atoms with E-state index in [-0.39, 0.29) is 5.91 Å². The Morgan fingerprint density at radius 2 is 2.05 bits per heavy atom. The summed E-state index contributed by atoms with van der Waals surface area (Å²) in [5.41, 5.74) is 1.51. The van der Waals surface area contributed by atoms with E-state index < -0.39 is 0 Å². The second-order valence-corrected chi connectivity index (χ2v) is 4.36. The third-order valence-electron chi connectivity index (χ3n) is 2.85. The average Bonchev–Trinajstić information content (AvgIpc) is 2.44. The van der Waals surface area contributed by atoms with Gasteiger partial charge in [-0.2, -0.15) is 0 Å². The van der Waals surface area contributed by atoms with Gasteiger partial charge in [-0.25, -0.2) is 4.98 Å². The van der Waals surface area contributed by atoms with Crippen molar-refractivity contribution in [2.24, 2.45) is 0 Å². The molecule has 0 aliphatic rings. The number of pyridine rings is 1. The Kier molecular flexibility index (Phi) is 4.34. The van der Waals surface area contributed by atoms with Crippen LogP contribution < -0.4 is 10.6 Å². The first kappa shape index (κ1) is 13.3. The zero-order valence-electron chi connectivity index (χ0n) is 11.4. The molecule has 0 fully saturated rings. The van der Waals surface area contributed by atoms with Gasteiger partial charge >= 0.3 is 0 Å². The van der Waals surface area contributed by atoms with Gasteiger partial charge in [-0.15, -0.1) is 0 Å². The summed E-state index contributed by atoms with van der Waals surface area (Å²) in [5.74, 6) is 0.697. The molecule has 2 N–H and O–H groups in total. The summed E-state index contributed by atoms with van der Waals surface area (Å²) in [6.45, 7) is 5.48. The third kappa shape index (κ3) is 3.02. The number of nitrogens with zero attached hydrogens (tertiary/aromatic N) is 1. The predicted molar refractivity (Wildman–Crippen MR) is 78.5 cm³/mol. The molecule has 0 aliphatic carbocycles. The molecule has 1 aromatic carbocycles. The fraction of sp³-hybridized carbons (Fsp3) is 0.333. The lowest BCUT2D eigenvalue weighted by Gasteiger charge is -2.10. The van der Waals surface area contributed by atoms with Crippen LogP contribution >= 0.6 is 0 Å². The lowest BCUT2D eigenvalue weighted by atomic mass is 10.1. The lowest BCUT2D eigenvalue weighted by molar-refractivity contribution is 0.0957. The van der Waals surface area contributed by atoms with E-state index >= 15 is 0 Å². The molecule has 0 aliphatic heterocycles. The number of amides is 1. The molecule has 1 aromatic heterocycles. The number of anilines is 1. The molecule has 0 spiro atoms. The smallest absolute Gasteiger partial charge is 0.252 e. The zero-order valence-corrected chi connectivity index (χ0v) is 11.4. The molecular formula is C15H19N3O. The van der Waals surface area contributed by atoms with Crippen LogP contribution in [-0.4, -0.2) is 24.0 Å². The Hall–Kier alpha value is -2.10. The van der Waals surface area contributed by atoms with Crippen LogP contribution in [-0.2, 0) is 0 Å². The summed E-state index contributed by atoms with van der Waals surface area (Å²) in [5, 5.41) is 6.96. The fourth-order valence-corrected chi connectivity index (χ4v) is 1.96. The van der Waals surface area contributed by atoms with Crippen LogP contribution in [0.15, 0.2) is 30.3 Å². The van der Waals surface area contributed by atoms with Crippen molar-refractivity contribution in [2.45, 2.75) is 20.3 Å². The van der Waals surface area contributed by atoms with Crippen molar-refractivity contribution in [3.8, 4) is 0 Å². The van der Waals surface area contributed by atoms with Crippen LogP contribution in [0.5, 0.6) is 0 Å². The van der Waals surface area contributed by atoms with Gasteiger partial charge in [0.2, 0.25) is 0 Å². The van der Waals surface area contributed by atoms with E-state index in [0.29, 0.717) is 12.1 Å². The second kappa shape index (κ2) is 6.18. The van der Waals surface area contributed by atoms with Gasteiger partial charge in [0, 0.05) is 18.5 Å². The highest BCUT2D eigenvalue weighted by atomic mass is 16.1. The summed E-state index contributed by atoms with van der Waals surface area (Å²) in [4.78, 5) is 16.6. The van der Waals surface area contributed by atoms with E-state index in [2.05, 4.69) is 22.5 Å². The fourth-order valence-electron chi connectivity index (χ4n) is 1.96. The maximum atomic E-state index is 12.1. The van der Waals surface area contributed by atoms with Crippen LogP contribution in [0.3, 0.4) is 0 Å². The SMILES string of the molecule is CCCNc1cc(C(=O)NCC)c2ccccc2n1. The Morgan fingerprint density at radius 3 is 2.79 bits per heavy atom. The van der Waals surface area contributed by atoms with E-state index in [0.717, 1.165) is 29.7 Å². The molecule has 0 atom stereocenters. The van der Waals surface area contributed by atoms with E-state index in [9.17, 15) is 4.79 Å². The first-order valence-corrected chi connectivity index (χ1v) is 6.68. The molecule has 2 rings (SSSR count). The number of rotatable bonds is 5. The van der Waals surface area contributed by atoms with E-state index in [1.165, 1.54) is 0 Å². The average molecular weight is 257 g/mol. The minimum atomic E-state index is -0.0550. The van der Waals surface area contributed by atoms with Crippen molar-refractivity contribution in [2.75, 3.05) is 18.4 Å². The summed E-state index contributed by atoms with van der Waals surface area (Å²) >= 11 is 0. The number of fused-ring (bicyclic) bond motifs is 1. The Morgan fingerprint density at radius 1 is 1.26 bits per heavy atom. The van der Waals surface area contributed by atoms with Crippen LogP contribution in [0.2, 0.25) is 0 Å². The van der Waals surface area contributed by atoms with Crippen molar-refractivity contribution in [1.82, 2.24) is 10.3 Å². The van der Waals surface area contributed by atoms with Crippen LogP contribution in [0.4, 0.5) is 5.82 Å². The molecule has 4 heteroatoms. The van der Waals surface area contributed by atoms with Gasteiger partial charge in [0.1, 0.15) is 5.82 Å².